The van der Waals surface area contributed by atoms with E-state index in [2.05, 4.69) is 0 Å². The molecule has 0 saturated carbocycles. The Kier molecular flexibility index (Phi) is 5.96. The molecule has 0 aromatic rings. The van der Waals surface area contributed by atoms with Crippen LogP contribution in [0.15, 0.2) is 0 Å². The van der Waals surface area contributed by atoms with Crippen LogP contribution in [0.2, 0.25) is 0 Å². The minimum atomic E-state index is -4.74. The summed E-state index contributed by atoms with van der Waals surface area (Å²) in [6.07, 6.45) is 0.809. The monoisotopic (exact) mass is 287 g/mol. The van der Waals surface area contributed by atoms with Crippen molar-refractivity contribution in [2.45, 2.75) is 26.4 Å². The third-order valence-corrected chi connectivity index (χ3v) is 10.8. The molecule has 0 aliphatic heterocycles. The second-order valence-electron chi connectivity index (χ2n) is 2.99. The van der Waals surface area contributed by atoms with Gasteiger partial charge >= 0.3 is 89.9 Å². The van der Waals surface area contributed by atoms with E-state index in [1.165, 1.54) is 28.4 Å². The van der Waals surface area contributed by atoms with Gasteiger partial charge in [0.25, 0.3) is 0 Å². The number of rotatable bonds is 7. The van der Waals surface area contributed by atoms with Crippen molar-refractivity contribution in [1.82, 2.24) is 0 Å². The number of hydrogen-bond acceptors (Lipinski definition) is 5. The molecule has 87 valence electrons. The van der Waals surface area contributed by atoms with Crippen molar-refractivity contribution in [2.75, 3.05) is 28.4 Å². The van der Waals surface area contributed by atoms with Gasteiger partial charge in [0, 0.05) is 0 Å². The Morgan fingerprint density at radius 3 is 1.50 bits per heavy atom. The molecule has 0 N–H and O–H groups in total. The van der Waals surface area contributed by atoms with Crippen LogP contribution in [0.4, 0.5) is 0 Å². The molecule has 5 nitrogen and oxygen atoms in total. The fourth-order valence-electron chi connectivity index (χ4n) is 1.10. The van der Waals surface area contributed by atoms with Crippen molar-refractivity contribution in [3.8, 4) is 0 Å². The molecule has 1 atom stereocenters. The maximum atomic E-state index is 5.69. The summed E-state index contributed by atoms with van der Waals surface area (Å²) >= 11 is -4.74. The molecule has 0 fully saturated rings. The SMILES string of the molecule is CCC(C)[O][Zr]([O]C)([O]C)([O]C)[O]C. The van der Waals surface area contributed by atoms with E-state index in [0.717, 1.165) is 6.42 Å². The van der Waals surface area contributed by atoms with E-state index in [0.29, 0.717) is 0 Å². The summed E-state index contributed by atoms with van der Waals surface area (Å²) in [6.45, 7) is 3.93. The normalized spacial score (nSPS) is 17.4. The zero-order valence-electron chi connectivity index (χ0n) is 9.83. The summed E-state index contributed by atoms with van der Waals surface area (Å²) in [7, 11) is 5.91. The van der Waals surface area contributed by atoms with Crippen molar-refractivity contribution in [3.63, 3.8) is 0 Å². The first-order valence-corrected chi connectivity index (χ1v) is 9.60. The first kappa shape index (κ1) is 14.7. The average molecular weight is 288 g/mol. The molecule has 0 aromatic heterocycles. The van der Waals surface area contributed by atoms with Crippen LogP contribution in [0.5, 0.6) is 0 Å². The van der Waals surface area contributed by atoms with E-state index in [-0.39, 0.29) is 6.10 Å². The molecule has 0 rings (SSSR count). The van der Waals surface area contributed by atoms with Gasteiger partial charge in [-0.3, -0.25) is 0 Å². The van der Waals surface area contributed by atoms with Gasteiger partial charge in [0.1, 0.15) is 0 Å². The third-order valence-electron chi connectivity index (χ3n) is 2.30. The molecule has 0 spiro atoms. The van der Waals surface area contributed by atoms with E-state index in [1.54, 1.807) is 0 Å². The Labute approximate surface area is 89.9 Å². The molecule has 0 radical (unpaired) electrons. The fraction of sp³-hybridized carbons (Fsp3) is 1.00. The van der Waals surface area contributed by atoms with E-state index >= 15 is 0 Å². The predicted octanol–water partition coefficient (Wildman–Crippen LogP) is 1.65. The Bertz CT molecular complexity index is 148. The van der Waals surface area contributed by atoms with Crippen LogP contribution in [0.25, 0.3) is 0 Å². The van der Waals surface area contributed by atoms with Gasteiger partial charge in [-0.1, -0.05) is 0 Å². The second-order valence-corrected chi connectivity index (χ2v) is 11.7. The van der Waals surface area contributed by atoms with Crippen molar-refractivity contribution in [1.29, 1.82) is 0 Å². The van der Waals surface area contributed by atoms with Crippen LogP contribution >= 0.6 is 0 Å². The topological polar surface area (TPSA) is 46.2 Å². The standard InChI is InChI=1S/C4H9O.4CH3O.Zr/c1-3-4(2)5;4*1-2;/h4H,3H2,1-2H3;4*1H3;/q5*-1;+5. The first-order valence-electron chi connectivity index (χ1n) is 4.58. The molecule has 0 aliphatic carbocycles. The van der Waals surface area contributed by atoms with E-state index < -0.39 is 21.0 Å². The minimum absolute atomic E-state index is 0.0274. The third kappa shape index (κ3) is 2.84. The van der Waals surface area contributed by atoms with Crippen molar-refractivity contribution in [3.05, 3.63) is 0 Å². The predicted molar refractivity (Wildman–Crippen MR) is 48.9 cm³/mol. The zero-order chi connectivity index (χ0) is 11.3. The molecule has 1 unspecified atom stereocenters. The van der Waals surface area contributed by atoms with E-state index in [1.807, 2.05) is 13.8 Å². The fourth-order valence-corrected chi connectivity index (χ4v) is 6.53. The summed E-state index contributed by atoms with van der Waals surface area (Å²) in [5, 5.41) is 0. The summed E-state index contributed by atoms with van der Waals surface area (Å²) in [6, 6.07) is 0. The van der Waals surface area contributed by atoms with Crippen LogP contribution in [-0.2, 0) is 35.0 Å². The van der Waals surface area contributed by atoms with Gasteiger partial charge in [-0.15, -0.1) is 0 Å². The van der Waals surface area contributed by atoms with Crippen molar-refractivity contribution in [2.24, 2.45) is 0 Å². The average Bonchev–Trinajstić information content (AvgIpc) is 2.27. The van der Waals surface area contributed by atoms with Crippen molar-refractivity contribution < 1.29 is 35.0 Å². The molecule has 14 heavy (non-hydrogen) atoms. The van der Waals surface area contributed by atoms with Crippen LogP contribution in [0.3, 0.4) is 0 Å². The summed E-state index contributed by atoms with van der Waals surface area (Å²) in [5.74, 6) is 0. The Morgan fingerprint density at radius 1 is 0.929 bits per heavy atom. The second kappa shape index (κ2) is 5.68. The molecule has 0 bridgehead atoms. The van der Waals surface area contributed by atoms with Gasteiger partial charge in [0.15, 0.2) is 0 Å². The molecule has 0 amide bonds. The molecular formula is C8H21O5Zr. The van der Waals surface area contributed by atoms with Gasteiger partial charge in [-0.05, 0) is 0 Å². The Hall–Kier alpha value is 0.683. The van der Waals surface area contributed by atoms with Crippen LogP contribution in [-0.4, -0.2) is 34.5 Å². The maximum absolute atomic E-state index is 5.69. The summed E-state index contributed by atoms with van der Waals surface area (Å²) in [5.41, 5.74) is 0. The summed E-state index contributed by atoms with van der Waals surface area (Å²) < 4.78 is 26.8. The van der Waals surface area contributed by atoms with Crippen LogP contribution in [0.1, 0.15) is 20.3 Å². The van der Waals surface area contributed by atoms with Crippen molar-refractivity contribution >= 4 is 0 Å². The molecule has 0 aliphatic rings. The Morgan fingerprint density at radius 2 is 1.29 bits per heavy atom. The zero-order valence-corrected chi connectivity index (χ0v) is 12.3. The molecule has 0 saturated heterocycles. The van der Waals surface area contributed by atoms with Gasteiger partial charge < -0.3 is 0 Å². The molecular weight excluding hydrogens is 267 g/mol. The van der Waals surface area contributed by atoms with E-state index in [9.17, 15) is 0 Å². The first-order chi connectivity index (χ1) is 6.51. The van der Waals surface area contributed by atoms with Gasteiger partial charge in [-0.2, -0.15) is 0 Å². The quantitative estimate of drug-likeness (QED) is 0.713. The van der Waals surface area contributed by atoms with Gasteiger partial charge in [0.05, 0.1) is 0 Å². The van der Waals surface area contributed by atoms with Crippen LogP contribution in [0, 0.1) is 0 Å². The van der Waals surface area contributed by atoms with Gasteiger partial charge in [-0.25, -0.2) is 0 Å². The Balaban J connectivity index is 4.84. The van der Waals surface area contributed by atoms with Gasteiger partial charge in [0.2, 0.25) is 0 Å². The molecule has 6 heteroatoms. The molecule has 0 aromatic carbocycles. The van der Waals surface area contributed by atoms with Crippen LogP contribution < -0.4 is 0 Å². The summed E-state index contributed by atoms with van der Waals surface area (Å²) in [4.78, 5) is 0. The number of hydrogen-bond donors (Lipinski definition) is 0. The molecule has 0 heterocycles. The van der Waals surface area contributed by atoms with E-state index in [4.69, 9.17) is 14.1 Å².